The summed E-state index contributed by atoms with van der Waals surface area (Å²) in [6.45, 7) is 6.35. The molecule has 0 bridgehead atoms. The molecule has 0 N–H and O–H groups in total. The SMILES string of the molecule is C=C1CCC(N2Cc3c(CCC(=O)CCc4ccc(C)c(Cl)c4)csc3C2=O)C(=O)C1. The Hall–Kier alpha value is -2.24. The van der Waals surface area contributed by atoms with Crippen molar-refractivity contribution in [2.45, 2.75) is 64.5 Å². The highest BCUT2D eigenvalue weighted by Gasteiger charge is 2.39. The predicted molar refractivity (Wildman–Crippen MR) is 124 cm³/mol. The van der Waals surface area contributed by atoms with Crippen molar-refractivity contribution in [3.8, 4) is 0 Å². The van der Waals surface area contributed by atoms with Crippen LogP contribution in [0.5, 0.6) is 0 Å². The molecule has 1 aromatic carbocycles. The number of ketones is 2. The van der Waals surface area contributed by atoms with Crippen LogP contribution in [0.2, 0.25) is 5.02 Å². The standard InChI is InChI=1S/C25H26ClNO3S/c1-15-3-10-22(23(29)11-15)27-13-20-18(14-31-24(20)25(27)30)7-9-19(28)8-6-17-5-4-16(2)21(26)12-17/h4-5,12,14,22H,1,3,6-11,13H2,2H3. The number of hydrogen-bond donors (Lipinski definition) is 0. The van der Waals surface area contributed by atoms with Gasteiger partial charge in [-0.3, -0.25) is 14.4 Å². The largest absolute Gasteiger partial charge is 0.323 e. The maximum Gasteiger partial charge on any atom is 0.265 e. The molecule has 0 radical (unpaired) electrons. The highest BCUT2D eigenvalue weighted by Crippen LogP contribution is 2.36. The van der Waals surface area contributed by atoms with Crippen LogP contribution in [0.3, 0.4) is 0 Å². The zero-order valence-electron chi connectivity index (χ0n) is 17.7. The van der Waals surface area contributed by atoms with Crippen molar-refractivity contribution in [3.63, 3.8) is 0 Å². The van der Waals surface area contributed by atoms with Gasteiger partial charge in [-0.15, -0.1) is 11.3 Å². The second kappa shape index (κ2) is 9.09. The first-order valence-corrected chi connectivity index (χ1v) is 12.0. The van der Waals surface area contributed by atoms with Crippen LogP contribution in [-0.4, -0.2) is 28.4 Å². The number of aryl methyl sites for hydroxylation is 3. The molecule has 1 aromatic heterocycles. The Kier molecular flexibility index (Phi) is 6.44. The van der Waals surface area contributed by atoms with Gasteiger partial charge < -0.3 is 4.90 Å². The summed E-state index contributed by atoms with van der Waals surface area (Å²) in [5.74, 6) is 0.256. The molecule has 4 rings (SSSR count). The van der Waals surface area contributed by atoms with Crippen molar-refractivity contribution in [1.82, 2.24) is 4.90 Å². The average Bonchev–Trinajstić information content (AvgIpc) is 3.27. The topological polar surface area (TPSA) is 54.5 Å². The minimum Gasteiger partial charge on any atom is -0.323 e. The normalized spacial score (nSPS) is 18.6. The third-order valence-corrected chi connectivity index (χ3v) is 7.78. The molecular weight excluding hydrogens is 430 g/mol. The summed E-state index contributed by atoms with van der Waals surface area (Å²) in [6.07, 6.45) is 4.08. The van der Waals surface area contributed by atoms with Crippen LogP contribution in [0.1, 0.15) is 64.0 Å². The first-order valence-electron chi connectivity index (χ1n) is 10.7. The zero-order chi connectivity index (χ0) is 22.1. The van der Waals surface area contributed by atoms with Crippen LogP contribution in [0.15, 0.2) is 35.7 Å². The summed E-state index contributed by atoms with van der Waals surface area (Å²) in [5, 5.41) is 2.73. The molecule has 0 saturated heterocycles. The first-order chi connectivity index (χ1) is 14.8. The van der Waals surface area contributed by atoms with Crippen LogP contribution in [-0.2, 0) is 29.0 Å². The predicted octanol–water partition coefficient (Wildman–Crippen LogP) is 5.48. The molecule has 2 heterocycles. The Bertz CT molecular complexity index is 1070. The number of carbonyl (C=O) groups is 3. The fourth-order valence-corrected chi connectivity index (χ4v) is 5.64. The van der Waals surface area contributed by atoms with Gasteiger partial charge in [-0.2, -0.15) is 0 Å². The van der Waals surface area contributed by atoms with Gasteiger partial charge in [0.15, 0.2) is 5.78 Å². The third-order valence-electron chi connectivity index (χ3n) is 6.31. The molecule has 6 heteroatoms. The van der Waals surface area contributed by atoms with E-state index < -0.39 is 0 Å². The molecule has 1 fully saturated rings. The number of fused-ring (bicyclic) bond motifs is 1. The number of nitrogens with zero attached hydrogens (tertiary/aromatic N) is 1. The lowest BCUT2D eigenvalue weighted by Crippen LogP contribution is -2.43. The fourth-order valence-electron chi connectivity index (χ4n) is 4.36. The van der Waals surface area contributed by atoms with Gasteiger partial charge in [0.1, 0.15) is 5.78 Å². The Morgan fingerprint density at radius 1 is 1.26 bits per heavy atom. The highest BCUT2D eigenvalue weighted by molar-refractivity contribution is 7.12. The summed E-state index contributed by atoms with van der Waals surface area (Å²) in [7, 11) is 0. The second-order valence-corrected chi connectivity index (χ2v) is 9.86. The van der Waals surface area contributed by atoms with Gasteiger partial charge in [0.05, 0.1) is 10.9 Å². The van der Waals surface area contributed by atoms with E-state index in [1.54, 1.807) is 4.90 Å². The third kappa shape index (κ3) is 4.68. The quantitative estimate of drug-likeness (QED) is 0.519. The van der Waals surface area contributed by atoms with E-state index in [9.17, 15) is 14.4 Å². The summed E-state index contributed by atoms with van der Waals surface area (Å²) >= 11 is 7.60. The molecule has 1 unspecified atom stereocenters. The van der Waals surface area contributed by atoms with Crippen LogP contribution in [0.4, 0.5) is 0 Å². The van der Waals surface area contributed by atoms with Gasteiger partial charge in [0, 0.05) is 30.8 Å². The Labute approximate surface area is 191 Å². The van der Waals surface area contributed by atoms with Crippen molar-refractivity contribution >= 4 is 40.4 Å². The molecule has 31 heavy (non-hydrogen) atoms. The molecule has 1 aliphatic carbocycles. The van der Waals surface area contributed by atoms with Crippen molar-refractivity contribution in [2.75, 3.05) is 0 Å². The molecule has 1 aliphatic heterocycles. The maximum atomic E-state index is 12.9. The number of halogens is 1. The lowest BCUT2D eigenvalue weighted by atomic mass is 9.89. The summed E-state index contributed by atoms with van der Waals surface area (Å²) in [5.41, 5.74) is 5.13. The molecule has 4 nitrogen and oxygen atoms in total. The molecule has 1 atom stereocenters. The summed E-state index contributed by atoms with van der Waals surface area (Å²) < 4.78 is 0. The number of allylic oxidation sites excluding steroid dienone is 1. The van der Waals surface area contributed by atoms with E-state index >= 15 is 0 Å². The summed E-state index contributed by atoms with van der Waals surface area (Å²) in [4.78, 5) is 40.2. The first kappa shape index (κ1) is 22.0. The molecule has 162 valence electrons. The lowest BCUT2D eigenvalue weighted by Gasteiger charge is -2.30. The van der Waals surface area contributed by atoms with Gasteiger partial charge in [-0.1, -0.05) is 35.9 Å². The Morgan fingerprint density at radius 2 is 2.03 bits per heavy atom. The monoisotopic (exact) mass is 455 g/mol. The number of benzene rings is 1. The van der Waals surface area contributed by atoms with Gasteiger partial charge in [0.25, 0.3) is 5.91 Å². The van der Waals surface area contributed by atoms with Crippen LogP contribution in [0, 0.1) is 6.92 Å². The van der Waals surface area contributed by atoms with Gasteiger partial charge in [-0.05, 0) is 66.3 Å². The Balaban J connectivity index is 1.33. The minimum atomic E-state index is -0.339. The zero-order valence-corrected chi connectivity index (χ0v) is 19.3. The molecule has 2 aliphatic rings. The van der Waals surface area contributed by atoms with E-state index in [1.807, 2.05) is 30.5 Å². The number of Topliss-reactive ketones (excluding diaryl/α,β-unsaturated/α-hetero) is 2. The number of rotatable bonds is 7. The number of amides is 1. The number of thiophene rings is 1. The smallest absolute Gasteiger partial charge is 0.265 e. The van der Waals surface area contributed by atoms with E-state index in [2.05, 4.69) is 6.58 Å². The number of carbonyl (C=O) groups excluding carboxylic acids is 3. The van der Waals surface area contributed by atoms with E-state index in [0.29, 0.717) is 45.1 Å². The van der Waals surface area contributed by atoms with Gasteiger partial charge in [-0.25, -0.2) is 0 Å². The summed E-state index contributed by atoms with van der Waals surface area (Å²) in [6, 6.07) is 5.58. The second-order valence-electron chi connectivity index (χ2n) is 8.57. The van der Waals surface area contributed by atoms with E-state index in [4.69, 9.17) is 11.6 Å². The highest BCUT2D eigenvalue weighted by atomic mass is 35.5. The molecule has 1 saturated carbocycles. The molecule has 1 amide bonds. The van der Waals surface area contributed by atoms with Gasteiger partial charge >= 0.3 is 0 Å². The van der Waals surface area contributed by atoms with Crippen LogP contribution >= 0.6 is 22.9 Å². The Morgan fingerprint density at radius 3 is 2.77 bits per heavy atom. The minimum absolute atomic E-state index is 0.0420. The van der Waals surface area contributed by atoms with Crippen molar-refractivity contribution in [1.29, 1.82) is 0 Å². The van der Waals surface area contributed by atoms with Gasteiger partial charge in [0.2, 0.25) is 0 Å². The average molecular weight is 456 g/mol. The van der Waals surface area contributed by atoms with E-state index in [-0.39, 0.29) is 23.5 Å². The fraction of sp³-hybridized carbons (Fsp3) is 0.400. The van der Waals surface area contributed by atoms with Crippen LogP contribution in [0.25, 0.3) is 0 Å². The van der Waals surface area contributed by atoms with Crippen molar-refractivity contribution in [3.05, 3.63) is 67.9 Å². The number of hydrogen-bond acceptors (Lipinski definition) is 4. The van der Waals surface area contributed by atoms with Crippen molar-refractivity contribution in [2.24, 2.45) is 0 Å². The van der Waals surface area contributed by atoms with Crippen LogP contribution < -0.4 is 0 Å². The lowest BCUT2D eigenvalue weighted by molar-refractivity contribution is -0.124. The molecule has 2 aromatic rings. The molecular formula is C25H26ClNO3S. The molecule has 0 spiro atoms. The van der Waals surface area contributed by atoms with E-state index in [1.165, 1.54) is 11.3 Å². The van der Waals surface area contributed by atoms with E-state index in [0.717, 1.165) is 44.1 Å². The van der Waals surface area contributed by atoms with Crippen molar-refractivity contribution < 1.29 is 14.4 Å². The maximum absolute atomic E-state index is 12.9.